The van der Waals surface area contributed by atoms with Gasteiger partial charge in [-0.15, -0.1) is 0 Å². The normalized spacial score (nSPS) is 30.9. The highest BCUT2D eigenvalue weighted by molar-refractivity contribution is 5.74. The van der Waals surface area contributed by atoms with Gasteiger partial charge in [0.2, 0.25) is 0 Å². The van der Waals surface area contributed by atoms with Gasteiger partial charge in [-0.05, 0) is 12.3 Å². The predicted molar refractivity (Wildman–Crippen MR) is 47.3 cm³/mol. The minimum absolute atomic E-state index is 0.0765. The Balaban J connectivity index is 2.76. The maximum absolute atomic E-state index is 13.3. The molecule has 82 valence electrons. The van der Waals surface area contributed by atoms with Gasteiger partial charge >= 0.3 is 5.97 Å². The third kappa shape index (κ3) is 2.20. The molecule has 1 saturated heterocycles. The highest BCUT2D eigenvalue weighted by Gasteiger charge is 2.52. The van der Waals surface area contributed by atoms with Gasteiger partial charge in [0.15, 0.2) is 0 Å². The molecule has 0 aromatic heterocycles. The van der Waals surface area contributed by atoms with Crippen molar-refractivity contribution in [2.24, 2.45) is 11.8 Å². The van der Waals surface area contributed by atoms with E-state index in [9.17, 15) is 13.6 Å². The summed E-state index contributed by atoms with van der Waals surface area (Å²) >= 11 is 0. The van der Waals surface area contributed by atoms with Crippen molar-refractivity contribution in [2.45, 2.75) is 32.2 Å². The third-order valence-electron chi connectivity index (χ3n) is 2.49. The summed E-state index contributed by atoms with van der Waals surface area (Å²) in [5.74, 6) is -5.09. The van der Waals surface area contributed by atoms with E-state index in [1.807, 2.05) is 13.8 Å². The van der Waals surface area contributed by atoms with Gasteiger partial charge in [-0.25, -0.2) is 8.78 Å². The maximum atomic E-state index is 13.3. The summed E-state index contributed by atoms with van der Waals surface area (Å²) in [6.45, 7) is 3.10. The minimum atomic E-state index is -2.90. The van der Waals surface area contributed by atoms with Crippen LogP contribution in [-0.4, -0.2) is 29.6 Å². The zero-order valence-electron chi connectivity index (χ0n) is 8.26. The fourth-order valence-electron chi connectivity index (χ4n) is 1.84. The number of hydrogen-bond donors (Lipinski definition) is 2. The standard InChI is InChI=1S/C9H15F2NO2/c1-5(2)3-6-7(8(13)14)12-4-9(6,10)11/h5-7,12H,3-4H2,1-2H3,(H,13,14). The summed E-state index contributed by atoms with van der Waals surface area (Å²) in [5.41, 5.74) is 0. The average Bonchev–Trinajstić information content (AvgIpc) is 2.26. The number of nitrogens with one attached hydrogen (secondary N) is 1. The molecule has 5 heteroatoms. The molecule has 0 bridgehead atoms. The molecule has 2 N–H and O–H groups in total. The molecule has 1 rings (SSSR count). The molecule has 3 nitrogen and oxygen atoms in total. The van der Waals surface area contributed by atoms with Crippen molar-refractivity contribution in [1.82, 2.24) is 5.32 Å². The molecule has 1 aliphatic heterocycles. The van der Waals surface area contributed by atoms with Crippen molar-refractivity contribution in [1.29, 1.82) is 0 Å². The summed E-state index contributed by atoms with van der Waals surface area (Å²) in [7, 11) is 0. The third-order valence-corrected chi connectivity index (χ3v) is 2.49. The molecule has 0 aliphatic carbocycles. The molecule has 2 atom stereocenters. The largest absolute Gasteiger partial charge is 0.480 e. The quantitative estimate of drug-likeness (QED) is 0.734. The van der Waals surface area contributed by atoms with Gasteiger partial charge in [0, 0.05) is 0 Å². The summed E-state index contributed by atoms with van der Waals surface area (Å²) in [6, 6.07) is -1.10. The number of carbonyl (C=O) groups is 1. The first-order valence-corrected chi connectivity index (χ1v) is 4.68. The molecule has 0 aromatic carbocycles. The van der Waals surface area contributed by atoms with Gasteiger partial charge in [-0.3, -0.25) is 10.1 Å². The SMILES string of the molecule is CC(C)CC1C(C(=O)O)NCC1(F)F. The van der Waals surface area contributed by atoms with E-state index in [0.717, 1.165) is 0 Å². The van der Waals surface area contributed by atoms with E-state index >= 15 is 0 Å². The van der Waals surface area contributed by atoms with Crippen LogP contribution in [0.4, 0.5) is 8.78 Å². The molecular weight excluding hydrogens is 192 g/mol. The van der Waals surface area contributed by atoms with E-state index in [0.29, 0.717) is 0 Å². The van der Waals surface area contributed by atoms with Crippen LogP contribution in [0, 0.1) is 11.8 Å². The zero-order valence-corrected chi connectivity index (χ0v) is 8.26. The Morgan fingerprint density at radius 2 is 2.21 bits per heavy atom. The fraction of sp³-hybridized carbons (Fsp3) is 0.889. The Kier molecular flexibility index (Phi) is 3.09. The van der Waals surface area contributed by atoms with Crippen LogP contribution in [0.1, 0.15) is 20.3 Å². The van der Waals surface area contributed by atoms with E-state index in [2.05, 4.69) is 5.32 Å². The van der Waals surface area contributed by atoms with E-state index < -0.39 is 30.4 Å². The molecule has 0 saturated carbocycles. The van der Waals surface area contributed by atoms with Gasteiger partial charge in [0.25, 0.3) is 5.92 Å². The summed E-state index contributed by atoms with van der Waals surface area (Å²) in [4.78, 5) is 10.7. The lowest BCUT2D eigenvalue weighted by atomic mass is 9.88. The Morgan fingerprint density at radius 1 is 1.64 bits per heavy atom. The van der Waals surface area contributed by atoms with Crippen molar-refractivity contribution in [3.05, 3.63) is 0 Å². The van der Waals surface area contributed by atoms with E-state index in [1.165, 1.54) is 0 Å². The topological polar surface area (TPSA) is 49.3 Å². The van der Waals surface area contributed by atoms with Crippen LogP contribution in [-0.2, 0) is 4.79 Å². The van der Waals surface area contributed by atoms with E-state index in [4.69, 9.17) is 5.11 Å². The van der Waals surface area contributed by atoms with Gasteiger partial charge in [-0.1, -0.05) is 13.8 Å². The van der Waals surface area contributed by atoms with Crippen LogP contribution < -0.4 is 5.32 Å². The Bertz CT molecular complexity index is 231. The molecule has 1 aliphatic rings. The van der Waals surface area contributed by atoms with Crippen LogP contribution in [0.25, 0.3) is 0 Å². The van der Waals surface area contributed by atoms with Crippen molar-refractivity contribution < 1.29 is 18.7 Å². The maximum Gasteiger partial charge on any atom is 0.321 e. The average molecular weight is 207 g/mol. The number of aliphatic carboxylic acids is 1. The molecular formula is C9H15F2NO2. The van der Waals surface area contributed by atoms with Crippen molar-refractivity contribution in [3.8, 4) is 0 Å². The van der Waals surface area contributed by atoms with Gasteiger partial charge in [0.1, 0.15) is 6.04 Å². The van der Waals surface area contributed by atoms with Crippen LogP contribution >= 0.6 is 0 Å². The van der Waals surface area contributed by atoms with Crippen LogP contribution in [0.15, 0.2) is 0 Å². The number of alkyl halides is 2. The fourth-order valence-corrected chi connectivity index (χ4v) is 1.84. The zero-order chi connectivity index (χ0) is 10.9. The molecule has 2 unspecified atom stereocenters. The highest BCUT2D eigenvalue weighted by Crippen LogP contribution is 2.36. The molecule has 0 radical (unpaired) electrons. The van der Waals surface area contributed by atoms with E-state index in [-0.39, 0.29) is 12.3 Å². The second-order valence-electron chi connectivity index (χ2n) is 4.19. The van der Waals surface area contributed by atoms with Crippen LogP contribution in [0.3, 0.4) is 0 Å². The second kappa shape index (κ2) is 3.81. The molecule has 0 aromatic rings. The highest BCUT2D eigenvalue weighted by atomic mass is 19.3. The van der Waals surface area contributed by atoms with Crippen LogP contribution in [0.2, 0.25) is 0 Å². The number of hydrogen-bond acceptors (Lipinski definition) is 2. The van der Waals surface area contributed by atoms with Crippen molar-refractivity contribution in [2.75, 3.05) is 6.54 Å². The number of halogens is 2. The smallest absolute Gasteiger partial charge is 0.321 e. The number of carboxylic acid groups (broad SMARTS) is 1. The van der Waals surface area contributed by atoms with Crippen molar-refractivity contribution in [3.63, 3.8) is 0 Å². The minimum Gasteiger partial charge on any atom is -0.480 e. The van der Waals surface area contributed by atoms with Gasteiger partial charge < -0.3 is 5.11 Å². The van der Waals surface area contributed by atoms with Gasteiger partial charge in [-0.2, -0.15) is 0 Å². The Labute approximate surface area is 81.5 Å². The van der Waals surface area contributed by atoms with Crippen molar-refractivity contribution >= 4 is 5.97 Å². The molecule has 14 heavy (non-hydrogen) atoms. The summed E-state index contributed by atoms with van der Waals surface area (Å²) < 4.78 is 26.5. The Morgan fingerprint density at radius 3 is 2.64 bits per heavy atom. The second-order valence-corrected chi connectivity index (χ2v) is 4.19. The Hall–Kier alpha value is -0.710. The summed E-state index contributed by atoms with van der Waals surface area (Å²) in [6.07, 6.45) is 0.233. The molecule has 0 amide bonds. The van der Waals surface area contributed by atoms with Crippen LogP contribution in [0.5, 0.6) is 0 Å². The first kappa shape index (κ1) is 11.4. The number of carboxylic acids is 1. The van der Waals surface area contributed by atoms with Gasteiger partial charge in [0.05, 0.1) is 12.5 Å². The summed E-state index contributed by atoms with van der Waals surface area (Å²) in [5, 5.41) is 11.1. The molecule has 1 heterocycles. The number of rotatable bonds is 3. The lowest BCUT2D eigenvalue weighted by Crippen LogP contribution is -2.38. The monoisotopic (exact) mass is 207 g/mol. The lowest BCUT2D eigenvalue weighted by Gasteiger charge is -2.22. The molecule has 1 fully saturated rings. The molecule has 0 spiro atoms. The predicted octanol–water partition coefficient (Wildman–Crippen LogP) is 1.34. The first-order chi connectivity index (χ1) is 6.34. The lowest BCUT2D eigenvalue weighted by molar-refractivity contribution is -0.142. The first-order valence-electron chi connectivity index (χ1n) is 4.68. The van der Waals surface area contributed by atoms with E-state index in [1.54, 1.807) is 0 Å².